The first kappa shape index (κ1) is 18.2. The van der Waals surface area contributed by atoms with Gasteiger partial charge in [0.25, 0.3) is 0 Å². The number of hydrogen-bond donors (Lipinski definition) is 3. The first-order valence-corrected chi connectivity index (χ1v) is 8.05. The molecule has 1 heterocycles. The normalized spacial score (nSPS) is 17.2. The van der Waals surface area contributed by atoms with Crippen LogP contribution in [-0.2, 0) is 9.59 Å². The van der Waals surface area contributed by atoms with E-state index < -0.39 is 11.9 Å². The maximum Gasteiger partial charge on any atom is 0.308 e. The summed E-state index contributed by atoms with van der Waals surface area (Å²) >= 11 is 0. The van der Waals surface area contributed by atoms with Crippen molar-refractivity contribution in [2.45, 2.75) is 25.4 Å². The number of carboxylic acid groups (broad SMARTS) is 1. The molecule has 1 amide bonds. The Kier molecular flexibility index (Phi) is 6.57. The quantitative estimate of drug-likeness (QED) is 0.691. The van der Waals surface area contributed by atoms with Crippen LogP contribution >= 0.6 is 0 Å². The summed E-state index contributed by atoms with van der Waals surface area (Å²) < 4.78 is 5.05. The molecule has 0 radical (unpaired) electrons. The summed E-state index contributed by atoms with van der Waals surface area (Å²) in [6.07, 6.45) is 0.901. The number of nitrogens with zero attached hydrogens (tertiary/aromatic N) is 1. The van der Waals surface area contributed by atoms with E-state index in [1.165, 1.54) is 0 Å². The zero-order valence-electron chi connectivity index (χ0n) is 13.8. The van der Waals surface area contributed by atoms with Gasteiger partial charge in [0.15, 0.2) is 0 Å². The summed E-state index contributed by atoms with van der Waals surface area (Å²) in [4.78, 5) is 25.5. The monoisotopic (exact) mass is 336 g/mol. The first-order chi connectivity index (χ1) is 11.5. The maximum atomic E-state index is 12.1. The van der Waals surface area contributed by atoms with Gasteiger partial charge in [-0.2, -0.15) is 0 Å². The molecule has 1 aromatic carbocycles. The summed E-state index contributed by atoms with van der Waals surface area (Å²) in [6.45, 7) is 1.63. The number of methoxy groups -OCH3 is 1. The highest BCUT2D eigenvalue weighted by atomic mass is 16.5. The minimum Gasteiger partial charge on any atom is -0.497 e. The van der Waals surface area contributed by atoms with Crippen molar-refractivity contribution in [3.63, 3.8) is 0 Å². The van der Waals surface area contributed by atoms with Crippen LogP contribution < -0.4 is 10.1 Å². The zero-order chi connectivity index (χ0) is 17.5. The van der Waals surface area contributed by atoms with Gasteiger partial charge >= 0.3 is 5.97 Å². The number of anilines is 1. The Balaban J connectivity index is 1.86. The topological polar surface area (TPSA) is 99.1 Å². The second kappa shape index (κ2) is 8.65. The highest BCUT2D eigenvalue weighted by Crippen LogP contribution is 2.17. The minimum atomic E-state index is -0.981. The molecule has 0 unspecified atom stereocenters. The predicted octanol–water partition coefficient (Wildman–Crippen LogP) is 1.18. The molecule has 1 aliphatic rings. The number of aliphatic hydroxyl groups excluding tert-OH is 1. The van der Waals surface area contributed by atoms with Crippen LogP contribution in [0.5, 0.6) is 5.75 Å². The van der Waals surface area contributed by atoms with Crippen LogP contribution in [0, 0.1) is 5.92 Å². The lowest BCUT2D eigenvalue weighted by atomic mass is 10.0. The Hall–Kier alpha value is -2.12. The van der Waals surface area contributed by atoms with E-state index in [9.17, 15) is 19.8 Å². The van der Waals surface area contributed by atoms with E-state index in [-0.39, 0.29) is 18.4 Å². The lowest BCUT2D eigenvalue weighted by Crippen LogP contribution is -2.41. The van der Waals surface area contributed by atoms with Crippen molar-refractivity contribution < 1.29 is 24.5 Å². The Morgan fingerprint density at radius 1 is 1.29 bits per heavy atom. The van der Waals surface area contributed by atoms with Crippen LogP contribution in [0.4, 0.5) is 5.69 Å². The van der Waals surface area contributed by atoms with Crippen molar-refractivity contribution in [3.05, 3.63) is 24.3 Å². The summed E-state index contributed by atoms with van der Waals surface area (Å²) in [5.41, 5.74) is 0.603. The van der Waals surface area contributed by atoms with Crippen molar-refractivity contribution in [2.75, 3.05) is 32.1 Å². The van der Waals surface area contributed by atoms with Crippen LogP contribution in [0.25, 0.3) is 0 Å². The number of amides is 1. The highest BCUT2D eigenvalue weighted by Gasteiger charge is 2.26. The average Bonchev–Trinajstić information content (AvgIpc) is 2.56. The average molecular weight is 336 g/mol. The standard InChI is InChI=1S/C17H24N2O5/c1-24-15-4-2-13(3-5-15)18-16(21)10-12(17(22)23)11-19-8-6-14(20)7-9-19/h2-5,12,14,20H,6-11H2,1H3,(H,18,21)(H,22,23)/t12-/m1/s1. The third kappa shape index (κ3) is 5.50. The van der Waals surface area contributed by atoms with Crippen molar-refractivity contribution >= 4 is 17.6 Å². The smallest absolute Gasteiger partial charge is 0.308 e. The van der Waals surface area contributed by atoms with E-state index in [4.69, 9.17) is 4.74 Å². The summed E-state index contributed by atoms with van der Waals surface area (Å²) in [5.74, 6) is -1.39. The van der Waals surface area contributed by atoms with Crippen LogP contribution in [0.3, 0.4) is 0 Å². The molecule has 1 saturated heterocycles. The summed E-state index contributed by atoms with van der Waals surface area (Å²) in [6, 6.07) is 6.86. The van der Waals surface area contributed by atoms with Gasteiger partial charge in [0.05, 0.1) is 19.1 Å². The molecule has 0 bridgehead atoms. The molecule has 0 spiro atoms. The fourth-order valence-electron chi connectivity index (χ4n) is 2.75. The third-order valence-corrected chi connectivity index (χ3v) is 4.19. The summed E-state index contributed by atoms with van der Waals surface area (Å²) in [5, 5.41) is 21.6. The van der Waals surface area contributed by atoms with Gasteiger partial charge in [-0.05, 0) is 37.1 Å². The van der Waals surface area contributed by atoms with Gasteiger partial charge in [0.2, 0.25) is 5.91 Å². The number of piperidine rings is 1. The van der Waals surface area contributed by atoms with Crippen molar-refractivity contribution in [1.82, 2.24) is 4.90 Å². The summed E-state index contributed by atoms with van der Waals surface area (Å²) in [7, 11) is 1.56. The number of carbonyl (C=O) groups is 2. The molecule has 1 fully saturated rings. The Labute approximate surface area is 141 Å². The van der Waals surface area contributed by atoms with Gasteiger partial charge in [-0.1, -0.05) is 0 Å². The van der Waals surface area contributed by atoms with E-state index in [0.717, 1.165) is 0 Å². The fourth-order valence-corrected chi connectivity index (χ4v) is 2.75. The molecule has 7 nitrogen and oxygen atoms in total. The molecule has 3 N–H and O–H groups in total. The van der Waals surface area contributed by atoms with Crippen molar-refractivity contribution in [1.29, 1.82) is 0 Å². The molecule has 1 atom stereocenters. The largest absolute Gasteiger partial charge is 0.497 e. The van der Waals surface area contributed by atoms with Gasteiger partial charge in [-0.15, -0.1) is 0 Å². The third-order valence-electron chi connectivity index (χ3n) is 4.19. The number of aliphatic carboxylic acids is 1. The van der Waals surface area contributed by atoms with E-state index in [0.29, 0.717) is 43.9 Å². The molecule has 7 heteroatoms. The number of benzene rings is 1. The molecular formula is C17H24N2O5. The van der Waals surface area contributed by atoms with E-state index in [1.807, 2.05) is 4.90 Å². The maximum absolute atomic E-state index is 12.1. The minimum absolute atomic E-state index is 0.0829. The molecule has 0 aromatic heterocycles. The molecule has 2 rings (SSSR count). The second-order valence-electron chi connectivity index (χ2n) is 6.05. The number of ether oxygens (including phenoxy) is 1. The van der Waals surface area contributed by atoms with E-state index >= 15 is 0 Å². The van der Waals surface area contributed by atoms with Gasteiger partial charge in [0.1, 0.15) is 5.75 Å². The van der Waals surface area contributed by atoms with Crippen molar-refractivity contribution in [3.8, 4) is 5.75 Å². The van der Waals surface area contributed by atoms with Crippen molar-refractivity contribution in [2.24, 2.45) is 5.92 Å². The highest BCUT2D eigenvalue weighted by molar-refractivity contribution is 5.93. The molecule has 132 valence electrons. The number of aliphatic hydroxyl groups is 1. The Morgan fingerprint density at radius 2 is 1.92 bits per heavy atom. The Morgan fingerprint density at radius 3 is 2.46 bits per heavy atom. The van der Waals surface area contributed by atoms with Gasteiger partial charge in [-0.3, -0.25) is 9.59 Å². The fraction of sp³-hybridized carbons (Fsp3) is 0.529. The van der Waals surface area contributed by atoms with E-state index in [1.54, 1.807) is 31.4 Å². The number of carbonyl (C=O) groups excluding carboxylic acids is 1. The molecule has 24 heavy (non-hydrogen) atoms. The van der Waals surface area contributed by atoms with Gasteiger partial charge < -0.3 is 25.2 Å². The van der Waals surface area contributed by atoms with E-state index in [2.05, 4.69) is 5.32 Å². The van der Waals surface area contributed by atoms with Gasteiger partial charge in [-0.25, -0.2) is 0 Å². The Bertz CT molecular complexity index is 553. The SMILES string of the molecule is COc1ccc(NC(=O)C[C@H](CN2CCC(O)CC2)C(=O)O)cc1. The molecule has 1 aliphatic heterocycles. The molecular weight excluding hydrogens is 312 g/mol. The number of rotatable bonds is 7. The molecule has 0 aliphatic carbocycles. The van der Waals surface area contributed by atoms with Gasteiger partial charge in [0, 0.05) is 31.7 Å². The molecule has 1 aromatic rings. The number of likely N-dealkylation sites (tertiary alicyclic amines) is 1. The lowest BCUT2D eigenvalue weighted by Gasteiger charge is -2.31. The number of hydrogen-bond acceptors (Lipinski definition) is 5. The van der Waals surface area contributed by atoms with Crippen LogP contribution in [0.15, 0.2) is 24.3 Å². The molecule has 0 saturated carbocycles. The zero-order valence-corrected chi connectivity index (χ0v) is 13.8. The van der Waals surface area contributed by atoms with Crippen LogP contribution in [0.2, 0.25) is 0 Å². The first-order valence-electron chi connectivity index (χ1n) is 8.05. The van der Waals surface area contributed by atoms with Crippen LogP contribution in [-0.4, -0.2) is 59.8 Å². The number of carboxylic acids is 1. The second-order valence-corrected chi connectivity index (χ2v) is 6.05. The number of nitrogens with one attached hydrogen (secondary N) is 1. The lowest BCUT2D eigenvalue weighted by molar-refractivity contribution is -0.144. The van der Waals surface area contributed by atoms with Crippen LogP contribution in [0.1, 0.15) is 19.3 Å². The predicted molar refractivity (Wildman–Crippen MR) is 89.0 cm³/mol.